The predicted octanol–water partition coefficient (Wildman–Crippen LogP) is 5.05. The molecule has 2 aromatic heterocycles. The smallest absolute Gasteiger partial charge is 0.134 e. The summed E-state index contributed by atoms with van der Waals surface area (Å²) >= 11 is 0. The fourth-order valence-corrected chi connectivity index (χ4v) is 3.24. The Balaban J connectivity index is 1.83. The second-order valence-electron chi connectivity index (χ2n) is 6.60. The van der Waals surface area contributed by atoms with Crippen LogP contribution in [0.25, 0.3) is 22.0 Å². The Morgan fingerprint density at radius 3 is 2.57 bits per heavy atom. The summed E-state index contributed by atoms with van der Waals surface area (Å²) in [6, 6.07) is 19.8. The van der Waals surface area contributed by atoms with Crippen LogP contribution in [0.4, 0.5) is 5.69 Å². The van der Waals surface area contributed by atoms with Gasteiger partial charge in [-0.25, -0.2) is 0 Å². The maximum absolute atomic E-state index is 9.74. The molecule has 4 aromatic rings. The fourth-order valence-electron chi connectivity index (χ4n) is 3.24. The Bertz CT molecular complexity index is 1180. The Kier molecular flexibility index (Phi) is 4.61. The molecule has 2 heterocycles. The molecule has 0 bridgehead atoms. The number of anilines is 1. The van der Waals surface area contributed by atoms with E-state index in [0.29, 0.717) is 5.56 Å². The molecule has 5 heteroatoms. The minimum absolute atomic E-state index is 0.0185. The van der Waals surface area contributed by atoms with Crippen LogP contribution in [0, 0.1) is 11.3 Å². The molecule has 28 heavy (non-hydrogen) atoms. The number of nitrogens with one attached hydrogen (secondary N) is 1. The van der Waals surface area contributed by atoms with Crippen molar-refractivity contribution >= 4 is 16.6 Å². The minimum atomic E-state index is 0.0185. The molecule has 0 saturated carbocycles. The molecule has 0 radical (unpaired) electrons. The molecule has 0 aliphatic heterocycles. The van der Waals surface area contributed by atoms with Crippen molar-refractivity contribution in [3.63, 3.8) is 0 Å². The van der Waals surface area contributed by atoms with Crippen molar-refractivity contribution in [2.45, 2.75) is 13.0 Å². The lowest BCUT2D eigenvalue weighted by Crippen LogP contribution is -2.08. The number of benzene rings is 2. The third-order valence-electron chi connectivity index (χ3n) is 4.71. The molecular weight excluding hydrogens is 348 g/mol. The summed E-state index contributed by atoms with van der Waals surface area (Å²) in [5.41, 5.74) is 4.85. The molecule has 136 valence electrons. The zero-order valence-electron chi connectivity index (χ0n) is 15.3. The summed E-state index contributed by atoms with van der Waals surface area (Å²) in [6.07, 6.45) is 4.69. The van der Waals surface area contributed by atoms with Gasteiger partial charge in [-0.3, -0.25) is 9.97 Å². The largest absolute Gasteiger partial charge is 0.506 e. The number of rotatable bonds is 4. The van der Waals surface area contributed by atoms with Gasteiger partial charge >= 0.3 is 0 Å². The van der Waals surface area contributed by atoms with Crippen LogP contribution in [0.5, 0.6) is 5.75 Å². The van der Waals surface area contributed by atoms with Crippen molar-refractivity contribution in [2.75, 3.05) is 5.32 Å². The highest BCUT2D eigenvalue weighted by Gasteiger charge is 2.14. The van der Waals surface area contributed by atoms with Crippen molar-refractivity contribution in [3.05, 3.63) is 84.3 Å². The Hall–Kier alpha value is -3.91. The average Bonchev–Trinajstić information content (AvgIpc) is 2.74. The number of fused-ring (bicyclic) bond motifs is 1. The van der Waals surface area contributed by atoms with E-state index in [0.717, 1.165) is 33.3 Å². The summed E-state index contributed by atoms with van der Waals surface area (Å²) in [4.78, 5) is 8.47. The molecule has 1 unspecified atom stereocenters. The zero-order chi connectivity index (χ0) is 19.5. The third kappa shape index (κ3) is 3.36. The molecule has 0 aliphatic rings. The van der Waals surface area contributed by atoms with E-state index in [4.69, 9.17) is 0 Å². The monoisotopic (exact) mass is 366 g/mol. The van der Waals surface area contributed by atoms with Gasteiger partial charge in [0, 0.05) is 29.4 Å². The molecule has 1 atom stereocenters. The average molecular weight is 366 g/mol. The summed E-state index contributed by atoms with van der Waals surface area (Å²) in [5, 5.41) is 23.7. The van der Waals surface area contributed by atoms with E-state index in [-0.39, 0.29) is 11.8 Å². The Morgan fingerprint density at radius 2 is 1.82 bits per heavy atom. The summed E-state index contributed by atoms with van der Waals surface area (Å²) in [6.45, 7) is 2.06. The van der Waals surface area contributed by atoms with Gasteiger partial charge in [-0.1, -0.05) is 36.4 Å². The van der Waals surface area contributed by atoms with Crippen LogP contribution in [0.3, 0.4) is 0 Å². The number of pyridine rings is 2. The van der Waals surface area contributed by atoms with E-state index in [1.54, 1.807) is 18.5 Å². The molecule has 0 aliphatic carbocycles. The second-order valence-corrected chi connectivity index (χ2v) is 6.60. The molecule has 0 fully saturated rings. The van der Waals surface area contributed by atoms with Crippen molar-refractivity contribution in [3.8, 4) is 22.9 Å². The van der Waals surface area contributed by atoms with Crippen LogP contribution in [0.15, 0.2) is 73.2 Å². The van der Waals surface area contributed by atoms with Gasteiger partial charge in [0.05, 0.1) is 23.0 Å². The quantitative estimate of drug-likeness (QED) is 0.528. The second kappa shape index (κ2) is 7.37. The number of aromatic hydroxyl groups is 1. The SMILES string of the molecule is CC(Nc1c(C#N)cnc2ccc(-c3cncc(O)c3)cc12)c1ccccc1. The van der Waals surface area contributed by atoms with Gasteiger partial charge in [0.25, 0.3) is 0 Å². The fraction of sp³-hybridized carbons (Fsp3) is 0.0870. The van der Waals surface area contributed by atoms with Crippen LogP contribution >= 0.6 is 0 Å². The highest BCUT2D eigenvalue weighted by Crippen LogP contribution is 2.33. The van der Waals surface area contributed by atoms with Crippen LogP contribution in [-0.4, -0.2) is 15.1 Å². The molecule has 0 spiro atoms. The predicted molar refractivity (Wildman–Crippen MR) is 110 cm³/mol. The van der Waals surface area contributed by atoms with Gasteiger partial charge in [-0.2, -0.15) is 5.26 Å². The lowest BCUT2D eigenvalue weighted by atomic mass is 10.0. The Morgan fingerprint density at radius 1 is 1.00 bits per heavy atom. The standard InChI is InChI=1S/C23H18N4O/c1-15(16-5-3-2-4-6-16)27-23-19(11-24)13-26-22-8-7-17(10-21(22)23)18-9-20(28)14-25-12-18/h2-10,12-15,28H,1H3,(H,26,27). The highest BCUT2D eigenvalue weighted by molar-refractivity contribution is 5.96. The molecular formula is C23H18N4O. The van der Waals surface area contributed by atoms with Crippen LogP contribution in [0.2, 0.25) is 0 Å². The normalized spacial score (nSPS) is 11.7. The van der Waals surface area contributed by atoms with E-state index in [1.165, 1.54) is 6.20 Å². The number of aromatic nitrogens is 2. The topological polar surface area (TPSA) is 81.8 Å². The molecule has 0 saturated heterocycles. The van der Waals surface area contributed by atoms with Gasteiger partial charge in [-0.15, -0.1) is 0 Å². The molecule has 5 nitrogen and oxygen atoms in total. The van der Waals surface area contributed by atoms with Crippen LogP contribution in [-0.2, 0) is 0 Å². The number of hydrogen-bond acceptors (Lipinski definition) is 5. The van der Waals surface area contributed by atoms with E-state index in [9.17, 15) is 10.4 Å². The first-order valence-electron chi connectivity index (χ1n) is 8.94. The number of nitriles is 1. The van der Waals surface area contributed by atoms with Gasteiger partial charge in [-0.05, 0) is 36.2 Å². The van der Waals surface area contributed by atoms with Crippen LogP contribution in [0.1, 0.15) is 24.1 Å². The summed E-state index contributed by atoms with van der Waals surface area (Å²) in [7, 11) is 0. The highest BCUT2D eigenvalue weighted by atomic mass is 16.3. The van der Waals surface area contributed by atoms with Crippen molar-refractivity contribution in [1.29, 1.82) is 5.26 Å². The summed E-state index contributed by atoms with van der Waals surface area (Å²) < 4.78 is 0. The van der Waals surface area contributed by atoms with Gasteiger partial charge in [0.2, 0.25) is 0 Å². The maximum atomic E-state index is 9.74. The van der Waals surface area contributed by atoms with Gasteiger partial charge in [0.15, 0.2) is 0 Å². The molecule has 0 amide bonds. The van der Waals surface area contributed by atoms with E-state index in [1.807, 2.05) is 36.4 Å². The maximum Gasteiger partial charge on any atom is 0.134 e. The van der Waals surface area contributed by atoms with E-state index < -0.39 is 0 Å². The first-order valence-corrected chi connectivity index (χ1v) is 8.94. The third-order valence-corrected chi connectivity index (χ3v) is 4.71. The van der Waals surface area contributed by atoms with Crippen molar-refractivity contribution < 1.29 is 5.11 Å². The summed E-state index contributed by atoms with van der Waals surface area (Å²) in [5.74, 6) is 0.109. The molecule has 2 N–H and O–H groups in total. The van der Waals surface area contributed by atoms with E-state index in [2.05, 4.69) is 40.4 Å². The van der Waals surface area contributed by atoms with Gasteiger partial charge < -0.3 is 10.4 Å². The minimum Gasteiger partial charge on any atom is -0.506 e. The molecule has 2 aromatic carbocycles. The lowest BCUT2D eigenvalue weighted by molar-refractivity contribution is 0.473. The van der Waals surface area contributed by atoms with Crippen molar-refractivity contribution in [2.24, 2.45) is 0 Å². The van der Waals surface area contributed by atoms with Crippen molar-refractivity contribution in [1.82, 2.24) is 9.97 Å². The Labute approximate surface area is 162 Å². The van der Waals surface area contributed by atoms with E-state index >= 15 is 0 Å². The van der Waals surface area contributed by atoms with Crippen LogP contribution < -0.4 is 5.32 Å². The molecule has 4 rings (SSSR count). The first-order chi connectivity index (χ1) is 13.7. The van der Waals surface area contributed by atoms with Gasteiger partial charge in [0.1, 0.15) is 11.8 Å². The first kappa shape index (κ1) is 17.5. The zero-order valence-corrected chi connectivity index (χ0v) is 15.3. The number of hydrogen-bond donors (Lipinski definition) is 2. The lowest BCUT2D eigenvalue weighted by Gasteiger charge is -2.18. The number of nitrogens with zero attached hydrogens (tertiary/aromatic N) is 3.